The molecule has 0 saturated carbocycles. The van der Waals surface area contributed by atoms with Crippen LogP contribution in [-0.4, -0.2) is 24.2 Å². The summed E-state index contributed by atoms with van der Waals surface area (Å²) in [7, 11) is 0. The van der Waals surface area contributed by atoms with Crippen LogP contribution in [0, 0.1) is 12.5 Å². The number of hydrogen-bond donors (Lipinski definition) is 0. The summed E-state index contributed by atoms with van der Waals surface area (Å²) in [6.07, 6.45) is 0.310. The number of alkyl halides is 2. The Morgan fingerprint density at radius 1 is 1.80 bits per heavy atom. The molecule has 1 unspecified atom stereocenters. The predicted octanol–water partition coefficient (Wildman–Crippen LogP) is 1.23. The SMILES string of the molecule is CC1[C]=NN(CC(F)F)[CH]1. The van der Waals surface area contributed by atoms with Gasteiger partial charge in [0.2, 0.25) is 0 Å². The van der Waals surface area contributed by atoms with Gasteiger partial charge in [-0.1, -0.05) is 6.92 Å². The molecule has 0 aromatic carbocycles. The van der Waals surface area contributed by atoms with Crippen molar-refractivity contribution < 1.29 is 8.78 Å². The topological polar surface area (TPSA) is 15.6 Å². The molecule has 10 heavy (non-hydrogen) atoms. The Kier molecular flexibility index (Phi) is 2.19. The number of halogens is 2. The Balaban J connectivity index is 2.26. The highest BCUT2D eigenvalue weighted by atomic mass is 19.3. The van der Waals surface area contributed by atoms with Crippen molar-refractivity contribution in [2.45, 2.75) is 13.3 Å². The maximum Gasteiger partial charge on any atom is 0.257 e. The van der Waals surface area contributed by atoms with Gasteiger partial charge < -0.3 is 0 Å². The fraction of sp³-hybridized carbons (Fsp3) is 0.667. The normalized spacial score (nSPS) is 24.8. The van der Waals surface area contributed by atoms with Gasteiger partial charge in [0.1, 0.15) is 0 Å². The average molecular weight is 146 g/mol. The Morgan fingerprint density at radius 3 is 2.90 bits per heavy atom. The van der Waals surface area contributed by atoms with E-state index in [4.69, 9.17) is 0 Å². The molecule has 1 rings (SSSR count). The maximum absolute atomic E-state index is 11.7. The van der Waals surface area contributed by atoms with E-state index in [1.165, 1.54) is 5.01 Å². The minimum atomic E-state index is -2.33. The zero-order valence-corrected chi connectivity index (χ0v) is 5.59. The Bertz CT molecular complexity index is 136. The lowest BCUT2D eigenvalue weighted by atomic mass is 10.2. The van der Waals surface area contributed by atoms with Crippen molar-refractivity contribution in [3.8, 4) is 0 Å². The third kappa shape index (κ3) is 1.93. The van der Waals surface area contributed by atoms with Crippen molar-refractivity contribution in [1.82, 2.24) is 5.01 Å². The van der Waals surface area contributed by atoms with Crippen LogP contribution in [0.3, 0.4) is 0 Å². The molecule has 4 heteroatoms. The zero-order valence-electron chi connectivity index (χ0n) is 5.59. The molecule has 0 spiro atoms. The lowest BCUT2D eigenvalue weighted by molar-refractivity contribution is 0.104. The second kappa shape index (κ2) is 2.94. The predicted molar refractivity (Wildman–Crippen MR) is 33.6 cm³/mol. The summed E-state index contributed by atoms with van der Waals surface area (Å²) in [4.78, 5) is 0. The molecular weight excluding hydrogens is 138 g/mol. The molecule has 56 valence electrons. The molecule has 1 heterocycles. The van der Waals surface area contributed by atoms with Crippen LogP contribution in [0.25, 0.3) is 0 Å². The van der Waals surface area contributed by atoms with E-state index in [9.17, 15) is 8.78 Å². The molecule has 0 aromatic rings. The van der Waals surface area contributed by atoms with Crippen LogP contribution in [-0.2, 0) is 0 Å². The summed E-state index contributed by atoms with van der Waals surface area (Å²) in [5, 5.41) is 4.82. The van der Waals surface area contributed by atoms with Gasteiger partial charge in [-0.25, -0.2) is 8.78 Å². The molecule has 1 aliphatic rings. The lowest BCUT2D eigenvalue weighted by Gasteiger charge is -2.11. The van der Waals surface area contributed by atoms with E-state index in [0.29, 0.717) is 0 Å². The summed E-state index contributed by atoms with van der Waals surface area (Å²) in [6, 6.07) is 0. The minimum absolute atomic E-state index is 0.0683. The van der Waals surface area contributed by atoms with Gasteiger partial charge >= 0.3 is 0 Å². The van der Waals surface area contributed by atoms with Crippen LogP contribution < -0.4 is 0 Å². The first kappa shape index (κ1) is 7.44. The molecule has 1 atom stereocenters. The van der Waals surface area contributed by atoms with Crippen molar-refractivity contribution in [2.24, 2.45) is 11.0 Å². The van der Waals surface area contributed by atoms with Gasteiger partial charge in [0.25, 0.3) is 6.43 Å². The monoisotopic (exact) mass is 146 g/mol. The van der Waals surface area contributed by atoms with Crippen LogP contribution in [0.4, 0.5) is 8.78 Å². The first-order valence-corrected chi connectivity index (χ1v) is 3.04. The van der Waals surface area contributed by atoms with Gasteiger partial charge in [0.15, 0.2) is 0 Å². The van der Waals surface area contributed by atoms with E-state index in [1.807, 2.05) is 6.92 Å². The van der Waals surface area contributed by atoms with E-state index in [2.05, 4.69) is 11.3 Å². The van der Waals surface area contributed by atoms with Gasteiger partial charge in [-0.15, -0.1) is 0 Å². The van der Waals surface area contributed by atoms with Crippen LogP contribution in [0.2, 0.25) is 0 Å². The van der Waals surface area contributed by atoms with Gasteiger partial charge in [-0.05, 0) is 0 Å². The molecule has 0 aromatic heterocycles. The highest BCUT2D eigenvalue weighted by Crippen LogP contribution is 2.12. The zero-order chi connectivity index (χ0) is 7.56. The van der Waals surface area contributed by atoms with E-state index in [1.54, 1.807) is 6.54 Å². The lowest BCUT2D eigenvalue weighted by Crippen LogP contribution is -2.19. The smallest absolute Gasteiger partial charge is 0.257 e. The number of nitrogens with zero attached hydrogens (tertiary/aromatic N) is 2. The first-order chi connectivity index (χ1) is 4.68. The van der Waals surface area contributed by atoms with E-state index in [0.717, 1.165) is 0 Å². The van der Waals surface area contributed by atoms with Crippen molar-refractivity contribution in [1.29, 1.82) is 0 Å². The molecule has 0 N–H and O–H groups in total. The third-order valence-electron chi connectivity index (χ3n) is 1.11. The van der Waals surface area contributed by atoms with Gasteiger partial charge in [-0.2, -0.15) is 5.10 Å². The van der Waals surface area contributed by atoms with Crippen LogP contribution in [0.1, 0.15) is 6.92 Å². The van der Waals surface area contributed by atoms with Crippen LogP contribution in [0.15, 0.2) is 5.10 Å². The second-order valence-electron chi connectivity index (χ2n) is 2.18. The second-order valence-corrected chi connectivity index (χ2v) is 2.18. The molecule has 0 bridgehead atoms. The molecule has 0 fully saturated rings. The van der Waals surface area contributed by atoms with Crippen LogP contribution >= 0.6 is 0 Å². The quantitative estimate of drug-likeness (QED) is 0.572. The number of hydrazone groups is 1. The fourth-order valence-corrected chi connectivity index (χ4v) is 0.733. The fourth-order valence-electron chi connectivity index (χ4n) is 0.733. The molecule has 0 amide bonds. The molecule has 2 nitrogen and oxygen atoms in total. The Hall–Kier alpha value is -0.670. The first-order valence-electron chi connectivity index (χ1n) is 3.04. The van der Waals surface area contributed by atoms with Crippen molar-refractivity contribution in [3.63, 3.8) is 0 Å². The van der Waals surface area contributed by atoms with Crippen molar-refractivity contribution in [3.05, 3.63) is 6.54 Å². The van der Waals surface area contributed by atoms with Crippen LogP contribution in [0.5, 0.6) is 0 Å². The highest BCUT2D eigenvalue weighted by Gasteiger charge is 2.17. The van der Waals surface area contributed by atoms with E-state index in [-0.39, 0.29) is 12.5 Å². The van der Waals surface area contributed by atoms with Crippen molar-refractivity contribution >= 4 is 6.21 Å². The van der Waals surface area contributed by atoms with E-state index < -0.39 is 6.43 Å². The summed E-state index contributed by atoms with van der Waals surface area (Å²) in [6.45, 7) is 3.14. The largest absolute Gasteiger partial charge is 0.285 e. The summed E-state index contributed by atoms with van der Waals surface area (Å²) >= 11 is 0. The highest BCUT2D eigenvalue weighted by molar-refractivity contribution is 5.63. The summed E-state index contributed by atoms with van der Waals surface area (Å²) < 4.78 is 23.3. The number of rotatable bonds is 2. The summed E-state index contributed by atoms with van der Waals surface area (Å²) in [5.41, 5.74) is 0. The number of hydrogen-bond acceptors (Lipinski definition) is 2. The van der Waals surface area contributed by atoms with Gasteiger partial charge in [0.05, 0.1) is 19.3 Å². The standard InChI is InChI=1S/C6H8F2N2/c1-5-2-9-10(3-5)4-6(7)8/h3,5-6H,4H2,1H3. The van der Waals surface area contributed by atoms with E-state index >= 15 is 0 Å². The summed E-state index contributed by atoms with van der Waals surface area (Å²) in [5.74, 6) is 0.0683. The average Bonchev–Trinajstić information content (AvgIpc) is 2.13. The third-order valence-corrected chi connectivity index (χ3v) is 1.11. The molecular formula is C6H8F2N2. The van der Waals surface area contributed by atoms with Gasteiger partial charge in [-0.3, -0.25) is 5.01 Å². The van der Waals surface area contributed by atoms with Crippen molar-refractivity contribution in [2.75, 3.05) is 6.54 Å². The molecule has 2 radical (unpaired) electrons. The molecule has 0 saturated heterocycles. The maximum atomic E-state index is 11.7. The molecule has 1 aliphatic heterocycles. The Morgan fingerprint density at radius 2 is 2.50 bits per heavy atom. The minimum Gasteiger partial charge on any atom is -0.285 e. The molecule has 0 aliphatic carbocycles. The van der Waals surface area contributed by atoms with Gasteiger partial charge in [0, 0.05) is 5.92 Å². The Labute approximate surface area is 58.5 Å².